The number of hydrogen-bond donors (Lipinski definition) is 1. The van der Waals surface area contributed by atoms with Gasteiger partial charge in [0.25, 0.3) is 15.9 Å². The summed E-state index contributed by atoms with van der Waals surface area (Å²) < 4.78 is 38.2. The molecule has 9 heteroatoms. The van der Waals surface area contributed by atoms with Crippen LogP contribution < -0.4 is 19.2 Å². The Hall–Kier alpha value is -4.11. The quantitative estimate of drug-likeness (QED) is 0.257. The molecule has 3 aromatic rings. The molecule has 0 aliphatic heterocycles. The van der Waals surface area contributed by atoms with Crippen LogP contribution in [0.4, 0.5) is 5.69 Å². The van der Waals surface area contributed by atoms with Crippen molar-refractivity contribution in [3.63, 3.8) is 0 Å². The highest BCUT2D eigenvalue weighted by Crippen LogP contribution is 2.25. The minimum absolute atomic E-state index is 0.0703. The lowest BCUT2D eigenvalue weighted by Crippen LogP contribution is -2.39. The van der Waals surface area contributed by atoms with E-state index in [1.165, 1.54) is 25.5 Å². The number of hydrazone groups is 1. The second kappa shape index (κ2) is 11.7. The third-order valence-electron chi connectivity index (χ3n) is 4.63. The van der Waals surface area contributed by atoms with Crippen molar-refractivity contribution in [2.24, 2.45) is 5.10 Å². The topological polar surface area (TPSA) is 97.3 Å². The maximum atomic E-state index is 13.3. The van der Waals surface area contributed by atoms with E-state index in [-0.39, 0.29) is 4.90 Å². The molecule has 0 aromatic heterocycles. The molecule has 0 aliphatic carbocycles. The number of benzene rings is 3. The number of nitrogens with one attached hydrogen (secondary N) is 1. The SMILES string of the molecule is C=CCOc1ccc(C=NNC(=O)CN(c2ccc(OC)cc2)S(=O)(=O)c2ccccc2)cc1. The molecule has 0 unspecified atom stereocenters. The van der Waals surface area contributed by atoms with E-state index in [2.05, 4.69) is 17.1 Å². The molecule has 0 atom stereocenters. The van der Waals surface area contributed by atoms with Gasteiger partial charge in [-0.05, 0) is 66.2 Å². The zero-order chi connectivity index (χ0) is 24.4. The summed E-state index contributed by atoms with van der Waals surface area (Å²) in [5.41, 5.74) is 3.43. The van der Waals surface area contributed by atoms with Gasteiger partial charge in [-0.1, -0.05) is 30.9 Å². The third-order valence-corrected chi connectivity index (χ3v) is 6.42. The van der Waals surface area contributed by atoms with Crippen molar-refractivity contribution in [2.45, 2.75) is 4.90 Å². The van der Waals surface area contributed by atoms with Crippen molar-refractivity contribution in [3.8, 4) is 11.5 Å². The lowest BCUT2D eigenvalue weighted by Gasteiger charge is -2.23. The summed E-state index contributed by atoms with van der Waals surface area (Å²) in [6, 6.07) is 21.4. The number of rotatable bonds is 11. The lowest BCUT2D eigenvalue weighted by molar-refractivity contribution is -0.119. The number of carbonyl (C=O) groups excluding carboxylic acids is 1. The number of methoxy groups -OCH3 is 1. The van der Waals surface area contributed by atoms with Crippen molar-refractivity contribution < 1.29 is 22.7 Å². The Bertz CT molecular complexity index is 1230. The lowest BCUT2D eigenvalue weighted by atomic mass is 10.2. The van der Waals surface area contributed by atoms with Gasteiger partial charge in [-0.15, -0.1) is 0 Å². The highest BCUT2D eigenvalue weighted by atomic mass is 32.2. The molecule has 1 amide bonds. The molecule has 0 aliphatic rings. The molecule has 1 N–H and O–H groups in total. The Balaban J connectivity index is 1.74. The van der Waals surface area contributed by atoms with Crippen molar-refractivity contribution in [1.29, 1.82) is 0 Å². The molecular formula is C25H25N3O5S. The van der Waals surface area contributed by atoms with Gasteiger partial charge in [-0.2, -0.15) is 5.10 Å². The van der Waals surface area contributed by atoms with E-state index in [0.717, 1.165) is 9.87 Å². The first-order valence-electron chi connectivity index (χ1n) is 10.3. The number of carbonyl (C=O) groups is 1. The molecule has 8 nitrogen and oxygen atoms in total. The van der Waals surface area contributed by atoms with E-state index in [1.54, 1.807) is 72.8 Å². The summed E-state index contributed by atoms with van der Waals surface area (Å²) in [5, 5.41) is 3.94. The summed E-state index contributed by atoms with van der Waals surface area (Å²) in [4.78, 5) is 12.7. The van der Waals surface area contributed by atoms with Crippen LogP contribution >= 0.6 is 0 Å². The molecule has 0 saturated heterocycles. The number of ether oxygens (including phenoxy) is 2. The van der Waals surface area contributed by atoms with Crippen LogP contribution in [0.3, 0.4) is 0 Å². The Morgan fingerprint density at radius 1 is 1.00 bits per heavy atom. The summed E-state index contributed by atoms with van der Waals surface area (Å²) in [6.07, 6.45) is 3.11. The first-order valence-corrected chi connectivity index (χ1v) is 11.8. The molecule has 3 rings (SSSR count). The molecule has 0 spiro atoms. The number of sulfonamides is 1. The second-order valence-corrected chi connectivity index (χ2v) is 8.85. The van der Waals surface area contributed by atoms with Crippen LogP contribution in [0, 0.1) is 0 Å². The Kier molecular flexibility index (Phi) is 8.42. The van der Waals surface area contributed by atoms with Crippen LogP contribution in [0.15, 0.2) is 102 Å². The van der Waals surface area contributed by atoms with Crippen LogP contribution in [-0.2, 0) is 14.8 Å². The number of nitrogens with zero attached hydrogens (tertiary/aromatic N) is 2. The van der Waals surface area contributed by atoms with Crippen molar-refractivity contribution >= 4 is 27.8 Å². The highest BCUT2D eigenvalue weighted by Gasteiger charge is 2.27. The average molecular weight is 480 g/mol. The van der Waals surface area contributed by atoms with Gasteiger partial charge in [0.1, 0.15) is 24.7 Å². The Labute approximate surface area is 199 Å². The maximum absolute atomic E-state index is 13.3. The van der Waals surface area contributed by atoms with Crippen LogP contribution in [0.5, 0.6) is 11.5 Å². The van der Waals surface area contributed by atoms with Crippen LogP contribution in [0.1, 0.15) is 5.56 Å². The van der Waals surface area contributed by atoms with E-state index in [4.69, 9.17) is 9.47 Å². The predicted molar refractivity (Wildman–Crippen MR) is 132 cm³/mol. The van der Waals surface area contributed by atoms with Gasteiger partial charge >= 0.3 is 0 Å². The minimum Gasteiger partial charge on any atom is -0.497 e. The molecular weight excluding hydrogens is 454 g/mol. The maximum Gasteiger partial charge on any atom is 0.264 e. The smallest absolute Gasteiger partial charge is 0.264 e. The first kappa shape index (κ1) is 24.5. The van der Waals surface area contributed by atoms with Gasteiger partial charge in [-0.25, -0.2) is 13.8 Å². The highest BCUT2D eigenvalue weighted by molar-refractivity contribution is 7.92. The van der Waals surface area contributed by atoms with E-state index < -0.39 is 22.5 Å². The van der Waals surface area contributed by atoms with Gasteiger partial charge in [0, 0.05) is 0 Å². The van der Waals surface area contributed by atoms with Gasteiger partial charge in [0.15, 0.2) is 0 Å². The van der Waals surface area contributed by atoms with Gasteiger partial charge in [-0.3, -0.25) is 9.10 Å². The second-order valence-electron chi connectivity index (χ2n) is 6.98. The summed E-state index contributed by atoms with van der Waals surface area (Å²) >= 11 is 0. The van der Waals surface area contributed by atoms with Gasteiger partial charge in [0.2, 0.25) is 0 Å². The normalized spacial score (nSPS) is 11.1. The van der Waals surface area contributed by atoms with Crippen molar-refractivity contribution in [2.75, 3.05) is 24.6 Å². The van der Waals surface area contributed by atoms with E-state index in [0.29, 0.717) is 23.8 Å². The number of anilines is 1. The van der Waals surface area contributed by atoms with Crippen LogP contribution in [-0.4, -0.2) is 40.8 Å². The predicted octanol–water partition coefficient (Wildman–Crippen LogP) is 3.61. The summed E-state index contributed by atoms with van der Waals surface area (Å²) in [5.74, 6) is 0.649. The molecule has 176 valence electrons. The van der Waals surface area contributed by atoms with Crippen molar-refractivity contribution in [3.05, 3.63) is 97.1 Å². The average Bonchev–Trinajstić information content (AvgIpc) is 2.87. The molecule has 0 bridgehead atoms. The molecule has 0 fully saturated rings. The zero-order valence-electron chi connectivity index (χ0n) is 18.6. The van der Waals surface area contributed by atoms with E-state index in [1.807, 2.05) is 0 Å². The van der Waals surface area contributed by atoms with Crippen LogP contribution in [0.2, 0.25) is 0 Å². The summed E-state index contributed by atoms with van der Waals surface area (Å²) in [7, 11) is -2.48. The Morgan fingerprint density at radius 2 is 1.65 bits per heavy atom. The fraction of sp³-hybridized carbons (Fsp3) is 0.120. The minimum atomic E-state index is -4.00. The fourth-order valence-corrected chi connectivity index (χ4v) is 4.38. The third kappa shape index (κ3) is 6.46. The van der Waals surface area contributed by atoms with Crippen molar-refractivity contribution in [1.82, 2.24) is 5.43 Å². The largest absolute Gasteiger partial charge is 0.497 e. The van der Waals surface area contributed by atoms with Gasteiger partial charge < -0.3 is 9.47 Å². The monoisotopic (exact) mass is 479 g/mol. The molecule has 0 radical (unpaired) electrons. The first-order chi connectivity index (χ1) is 16.4. The van der Waals surface area contributed by atoms with Crippen LogP contribution in [0.25, 0.3) is 0 Å². The fourth-order valence-electron chi connectivity index (χ4n) is 2.93. The van der Waals surface area contributed by atoms with E-state index in [9.17, 15) is 13.2 Å². The standard InChI is InChI=1S/C25H25N3O5S/c1-3-17-33-23-13-9-20(10-14-23)18-26-27-25(29)19-28(21-11-15-22(32-2)16-12-21)34(30,31)24-7-5-4-6-8-24/h3-16,18H,1,17,19H2,2H3,(H,27,29). The number of amides is 1. The molecule has 34 heavy (non-hydrogen) atoms. The van der Waals surface area contributed by atoms with Gasteiger partial charge in [0.05, 0.1) is 23.9 Å². The Morgan fingerprint density at radius 3 is 2.26 bits per heavy atom. The van der Waals surface area contributed by atoms with E-state index >= 15 is 0 Å². The molecule has 0 heterocycles. The molecule has 0 saturated carbocycles. The zero-order valence-corrected chi connectivity index (χ0v) is 19.4. The summed E-state index contributed by atoms with van der Waals surface area (Å²) in [6.45, 7) is 3.54. The molecule has 3 aromatic carbocycles. The number of hydrogen-bond acceptors (Lipinski definition) is 6.